The second kappa shape index (κ2) is 6.17. The maximum atomic E-state index is 4.98. The van der Waals surface area contributed by atoms with Gasteiger partial charge in [-0.1, -0.05) is 0 Å². The molecule has 2 nitrogen and oxygen atoms in total. The van der Waals surface area contributed by atoms with Gasteiger partial charge in [0.15, 0.2) is 0 Å². The number of nitrogens with zero attached hydrogens (tertiary/aromatic N) is 1. The van der Waals surface area contributed by atoms with Gasteiger partial charge in [0.2, 0.25) is 7.37 Å². The summed E-state index contributed by atoms with van der Waals surface area (Å²) in [6.07, 6.45) is 1.03. The molecule has 0 aliphatic heterocycles. The van der Waals surface area contributed by atoms with Crippen LogP contribution in [0.25, 0.3) is 0 Å². The molecule has 0 aromatic rings. The number of hydrogen-bond donors (Lipinski definition) is 0. The molecule has 0 bridgehead atoms. The maximum Gasteiger partial charge on any atom is 0.230 e. The quantitative estimate of drug-likeness (QED) is 0.367. The van der Waals surface area contributed by atoms with Crippen LogP contribution in [0, 0.1) is 0 Å². The second-order valence-corrected chi connectivity index (χ2v) is 2.16. The molecule has 9 heavy (non-hydrogen) atoms. The first kappa shape index (κ1) is 9.05. The molecule has 0 saturated carbocycles. The van der Waals surface area contributed by atoms with Gasteiger partial charge in [0.05, 0.1) is 7.74 Å². The number of rotatable bonds is 5. The molecule has 0 heterocycles. The zero-order valence-electron chi connectivity index (χ0n) is 6.13. The van der Waals surface area contributed by atoms with Crippen molar-refractivity contribution >= 4 is 15.1 Å². The van der Waals surface area contributed by atoms with E-state index in [9.17, 15) is 0 Å². The summed E-state index contributed by atoms with van der Waals surface area (Å²) in [6, 6.07) is 0. The molecule has 49 valence electrons. The lowest BCUT2D eigenvalue weighted by Crippen LogP contribution is -2.15. The summed E-state index contributed by atoms with van der Waals surface area (Å²) in [7, 11) is 10.3. The molecule has 0 amide bonds. The van der Waals surface area contributed by atoms with Crippen LogP contribution in [0.1, 0.15) is 6.42 Å². The van der Waals surface area contributed by atoms with Gasteiger partial charge < -0.3 is 9.55 Å². The summed E-state index contributed by atoms with van der Waals surface area (Å²) in [5.74, 6) is 0. The van der Waals surface area contributed by atoms with E-state index in [4.69, 9.17) is 12.4 Å². The Bertz CT molecular complexity index is 60.9. The van der Waals surface area contributed by atoms with Crippen LogP contribution < -0.4 is 0 Å². The molecule has 0 aliphatic carbocycles. The molecule has 0 fully saturated rings. The van der Waals surface area contributed by atoms with Crippen molar-refractivity contribution in [2.75, 3.05) is 27.2 Å². The van der Waals surface area contributed by atoms with E-state index in [1.165, 1.54) is 7.37 Å². The zero-order chi connectivity index (χ0) is 7.11. The van der Waals surface area contributed by atoms with Crippen LogP contribution in [0.3, 0.4) is 0 Å². The van der Waals surface area contributed by atoms with Gasteiger partial charge in [0.25, 0.3) is 0 Å². The topological polar surface area (TPSA) is 12.5 Å². The molecule has 0 aromatic heterocycles. The predicted molar refractivity (Wildman–Crippen MR) is 40.6 cm³/mol. The molecule has 0 spiro atoms. The van der Waals surface area contributed by atoms with E-state index in [0.717, 1.165) is 13.0 Å². The van der Waals surface area contributed by atoms with Crippen LogP contribution in [0.5, 0.6) is 0 Å². The molecule has 0 N–H and O–H groups in total. The van der Waals surface area contributed by atoms with Crippen molar-refractivity contribution in [2.24, 2.45) is 0 Å². The lowest BCUT2D eigenvalue weighted by molar-refractivity contribution is 0.298. The Labute approximate surface area is 59.2 Å². The highest BCUT2D eigenvalue weighted by molar-refractivity contribution is 6.85. The van der Waals surface area contributed by atoms with Crippen molar-refractivity contribution in [3.05, 3.63) is 0 Å². The Morgan fingerprint density at radius 2 is 2.22 bits per heavy atom. The molecule has 0 atom stereocenters. The van der Waals surface area contributed by atoms with E-state index in [0.29, 0.717) is 6.61 Å². The van der Waals surface area contributed by atoms with E-state index < -0.39 is 0 Å². The SMILES string of the molecule is [B][B]OCCCN(C)C. The van der Waals surface area contributed by atoms with Crippen molar-refractivity contribution in [3.8, 4) is 0 Å². The molecule has 0 aliphatic rings. The molecular weight excluding hydrogens is 112 g/mol. The summed E-state index contributed by atoms with van der Waals surface area (Å²) in [6.45, 7) is 1.77. The van der Waals surface area contributed by atoms with Crippen LogP contribution in [-0.2, 0) is 4.65 Å². The lowest BCUT2D eigenvalue weighted by atomic mass is 9.72. The summed E-state index contributed by atoms with van der Waals surface area (Å²) >= 11 is 0. The monoisotopic (exact) mass is 124 g/mol. The summed E-state index contributed by atoms with van der Waals surface area (Å²) in [5, 5.41) is 0. The first-order chi connectivity index (χ1) is 4.27. The molecule has 0 saturated heterocycles. The van der Waals surface area contributed by atoms with Crippen LogP contribution in [-0.4, -0.2) is 47.3 Å². The predicted octanol–water partition coefficient (Wildman–Crippen LogP) is -0.343. The Kier molecular flexibility index (Phi) is 6.21. The smallest absolute Gasteiger partial charge is 0.230 e. The summed E-state index contributed by atoms with van der Waals surface area (Å²) in [5.41, 5.74) is 0. The van der Waals surface area contributed by atoms with Gasteiger partial charge in [0.1, 0.15) is 0 Å². The zero-order valence-corrected chi connectivity index (χ0v) is 6.13. The number of hydrogen-bond acceptors (Lipinski definition) is 2. The molecule has 3 radical (unpaired) electrons. The van der Waals surface area contributed by atoms with Gasteiger partial charge in [-0.05, 0) is 27.1 Å². The minimum absolute atomic E-state index is 0.717. The summed E-state index contributed by atoms with van der Waals surface area (Å²) < 4.78 is 4.81. The van der Waals surface area contributed by atoms with Crippen molar-refractivity contribution in [1.82, 2.24) is 4.90 Å². The Morgan fingerprint density at radius 3 is 2.67 bits per heavy atom. The standard InChI is InChI=1S/C5H12B2NO/c1-8(2)4-3-5-9-7-6/h3-5H2,1-2H3. The van der Waals surface area contributed by atoms with Gasteiger partial charge in [-0.25, -0.2) is 0 Å². The van der Waals surface area contributed by atoms with Gasteiger partial charge in [-0.15, -0.1) is 0 Å². The largest absolute Gasteiger partial charge is 0.452 e. The van der Waals surface area contributed by atoms with Crippen LogP contribution in [0.15, 0.2) is 0 Å². The van der Waals surface area contributed by atoms with Gasteiger partial charge in [-0.3, -0.25) is 0 Å². The van der Waals surface area contributed by atoms with E-state index in [1.807, 2.05) is 14.1 Å². The first-order valence-corrected chi connectivity index (χ1v) is 3.07. The van der Waals surface area contributed by atoms with E-state index >= 15 is 0 Å². The first-order valence-electron chi connectivity index (χ1n) is 3.07. The lowest BCUT2D eigenvalue weighted by Gasteiger charge is -2.08. The highest BCUT2D eigenvalue weighted by Crippen LogP contribution is 1.82. The normalized spacial score (nSPS) is 10.1. The molecule has 4 heteroatoms. The average molecular weight is 124 g/mol. The van der Waals surface area contributed by atoms with Crippen molar-refractivity contribution < 1.29 is 4.65 Å². The van der Waals surface area contributed by atoms with Crippen LogP contribution >= 0.6 is 0 Å². The Balaban J connectivity index is 2.75. The third-order valence-corrected chi connectivity index (χ3v) is 0.964. The fraction of sp³-hybridized carbons (Fsp3) is 1.00. The fourth-order valence-electron chi connectivity index (χ4n) is 0.532. The third kappa shape index (κ3) is 8.05. The van der Waals surface area contributed by atoms with E-state index in [2.05, 4.69) is 4.90 Å². The fourth-order valence-corrected chi connectivity index (χ4v) is 0.532. The third-order valence-electron chi connectivity index (χ3n) is 0.964. The Morgan fingerprint density at radius 1 is 1.56 bits per heavy atom. The average Bonchev–Trinajstić information content (AvgIpc) is 1.80. The van der Waals surface area contributed by atoms with Crippen LogP contribution in [0.2, 0.25) is 0 Å². The highest BCUT2D eigenvalue weighted by Gasteiger charge is 1.88. The van der Waals surface area contributed by atoms with Crippen molar-refractivity contribution in [2.45, 2.75) is 6.42 Å². The Hall–Kier alpha value is 0.0499. The minimum Gasteiger partial charge on any atom is -0.452 e. The molecular formula is C5H12B2NO. The van der Waals surface area contributed by atoms with Crippen molar-refractivity contribution in [3.63, 3.8) is 0 Å². The van der Waals surface area contributed by atoms with Gasteiger partial charge in [0, 0.05) is 6.61 Å². The maximum absolute atomic E-state index is 4.98. The molecule has 0 unspecified atom stereocenters. The highest BCUT2D eigenvalue weighted by atomic mass is 16.4. The molecule has 0 rings (SSSR count). The van der Waals surface area contributed by atoms with Gasteiger partial charge >= 0.3 is 0 Å². The molecule has 0 aromatic carbocycles. The van der Waals surface area contributed by atoms with Gasteiger partial charge in [-0.2, -0.15) is 0 Å². The van der Waals surface area contributed by atoms with E-state index in [1.54, 1.807) is 0 Å². The summed E-state index contributed by atoms with van der Waals surface area (Å²) in [4.78, 5) is 2.11. The van der Waals surface area contributed by atoms with Crippen LogP contribution in [0.4, 0.5) is 0 Å². The van der Waals surface area contributed by atoms with E-state index in [-0.39, 0.29) is 0 Å². The minimum atomic E-state index is 0.717. The van der Waals surface area contributed by atoms with Crippen molar-refractivity contribution in [1.29, 1.82) is 0 Å². The second-order valence-electron chi connectivity index (χ2n) is 2.16.